The summed E-state index contributed by atoms with van der Waals surface area (Å²) in [4.78, 5) is 18.1. The minimum absolute atomic E-state index is 0.127. The van der Waals surface area contributed by atoms with Crippen molar-refractivity contribution in [3.63, 3.8) is 0 Å². The molecule has 1 aromatic rings. The summed E-state index contributed by atoms with van der Waals surface area (Å²) >= 11 is 5.77. The zero-order chi connectivity index (χ0) is 14.0. The summed E-state index contributed by atoms with van der Waals surface area (Å²) < 4.78 is 0. The van der Waals surface area contributed by atoms with Gasteiger partial charge in [0.15, 0.2) is 0 Å². The van der Waals surface area contributed by atoms with Gasteiger partial charge >= 0.3 is 5.69 Å². The van der Waals surface area contributed by atoms with E-state index in [-0.39, 0.29) is 28.1 Å². The molecular weight excluding hydrogens is 268 g/mol. The minimum atomic E-state index is -0.543. The Bertz CT molecular complexity index is 493. The van der Waals surface area contributed by atoms with Crippen LogP contribution in [0.2, 0.25) is 5.15 Å². The number of hydrogen-bond donors (Lipinski definition) is 1. The predicted octanol–water partition coefficient (Wildman–Crippen LogP) is 3.42. The molecule has 0 spiro atoms. The molecule has 1 aliphatic carbocycles. The summed E-state index contributed by atoms with van der Waals surface area (Å²) in [5.41, 5.74) is 0.00850. The van der Waals surface area contributed by atoms with Gasteiger partial charge in [-0.15, -0.1) is 0 Å². The van der Waals surface area contributed by atoms with Crippen LogP contribution in [0.3, 0.4) is 0 Å². The lowest BCUT2D eigenvalue weighted by Crippen LogP contribution is -2.32. The van der Waals surface area contributed by atoms with E-state index in [0.29, 0.717) is 0 Å². The molecule has 2 rings (SSSR count). The fourth-order valence-corrected chi connectivity index (χ4v) is 2.84. The molecule has 0 saturated heterocycles. The molecule has 104 valence electrons. The van der Waals surface area contributed by atoms with Crippen molar-refractivity contribution in [3.05, 3.63) is 21.6 Å². The first kappa shape index (κ1) is 14.0. The molecule has 1 unspecified atom stereocenters. The lowest BCUT2D eigenvalue weighted by molar-refractivity contribution is -0.384. The molecule has 6 nitrogen and oxygen atoms in total. The van der Waals surface area contributed by atoms with Gasteiger partial charge in [-0.1, -0.05) is 31.9 Å². The third-order valence-electron chi connectivity index (χ3n) is 3.51. The zero-order valence-corrected chi connectivity index (χ0v) is 11.8. The van der Waals surface area contributed by atoms with Crippen molar-refractivity contribution in [2.75, 3.05) is 5.32 Å². The molecule has 0 amide bonds. The maximum Gasteiger partial charge on any atom is 0.348 e. The Morgan fingerprint density at radius 1 is 1.53 bits per heavy atom. The van der Waals surface area contributed by atoms with Crippen LogP contribution in [0.25, 0.3) is 0 Å². The molecule has 1 saturated carbocycles. The van der Waals surface area contributed by atoms with Gasteiger partial charge in [-0.25, -0.2) is 9.97 Å². The molecule has 0 radical (unpaired) electrons. The van der Waals surface area contributed by atoms with E-state index in [0.717, 1.165) is 19.3 Å². The average Bonchev–Trinajstić information content (AvgIpc) is 2.26. The lowest BCUT2D eigenvalue weighted by atomic mass is 9.75. The van der Waals surface area contributed by atoms with Crippen LogP contribution in [-0.4, -0.2) is 20.9 Å². The lowest BCUT2D eigenvalue weighted by Gasteiger charge is -2.35. The Labute approximate surface area is 116 Å². The highest BCUT2D eigenvalue weighted by Crippen LogP contribution is 2.37. The molecule has 1 atom stereocenters. The van der Waals surface area contributed by atoms with Gasteiger partial charge in [0, 0.05) is 6.04 Å². The summed E-state index contributed by atoms with van der Waals surface area (Å²) in [7, 11) is 0. The molecule has 1 N–H and O–H groups in total. The number of nitrogens with one attached hydrogen (secondary N) is 1. The Morgan fingerprint density at radius 2 is 2.26 bits per heavy atom. The highest BCUT2D eigenvalue weighted by atomic mass is 35.5. The molecule has 1 aromatic heterocycles. The van der Waals surface area contributed by atoms with E-state index in [1.165, 1.54) is 12.7 Å². The maximum absolute atomic E-state index is 11.0. The fourth-order valence-electron chi connectivity index (χ4n) is 2.64. The number of rotatable bonds is 3. The largest absolute Gasteiger partial charge is 0.361 e. The second-order valence-corrected chi connectivity index (χ2v) is 6.08. The molecule has 0 aromatic carbocycles. The van der Waals surface area contributed by atoms with Crippen LogP contribution in [0.1, 0.15) is 39.5 Å². The molecule has 0 bridgehead atoms. The van der Waals surface area contributed by atoms with Crippen LogP contribution < -0.4 is 5.32 Å². The predicted molar refractivity (Wildman–Crippen MR) is 73.4 cm³/mol. The minimum Gasteiger partial charge on any atom is -0.361 e. The Morgan fingerprint density at radius 3 is 2.89 bits per heavy atom. The van der Waals surface area contributed by atoms with Crippen LogP contribution in [0, 0.1) is 15.5 Å². The Balaban J connectivity index is 2.19. The molecule has 7 heteroatoms. The summed E-state index contributed by atoms with van der Waals surface area (Å²) in [6.45, 7) is 4.42. The number of nitro groups is 1. The second kappa shape index (κ2) is 5.28. The van der Waals surface area contributed by atoms with Crippen LogP contribution in [0.4, 0.5) is 11.5 Å². The van der Waals surface area contributed by atoms with Crippen LogP contribution >= 0.6 is 11.6 Å². The van der Waals surface area contributed by atoms with Crippen molar-refractivity contribution in [1.82, 2.24) is 9.97 Å². The van der Waals surface area contributed by atoms with Crippen molar-refractivity contribution < 1.29 is 4.92 Å². The molecule has 1 aliphatic rings. The highest BCUT2D eigenvalue weighted by molar-refractivity contribution is 6.31. The smallest absolute Gasteiger partial charge is 0.348 e. The maximum atomic E-state index is 11.0. The van der Waals surface area contributed by atoms with E-state index in [1.807, 2.05) is 0 Å². The van der Waals surface area contributed by atoms with Gasteiger partial charge in [0.1, 0.15) is 6.33 Å². The molecule has 19 heavy (non-hydrogen) atoms. The second-order valence-electron chi connectivity index (χ2n) is 5.72. The molecule has 1 fully saturated rings. The number of hydrogen-bond acceptors (Lipinski definition) is 5. The molecule has 1 heterocycles. The average molecular weight is 285 g/mol. The van der Waals surface area contributed by atoms with Crippen molar-refractivity contribution in [2.24, 2.45) is 5.41 Å². The summed E-state index contributed by atoms with van der Waals surface area (Å²) in [5.74, 6) is 0.215. The van der Waals surface area contributed by atoms with Crippen molar-refractivity contribution in [1.29, 1.82) is 0 Å². The third kappa shape index (κ3) is 3.32. The van der Waals surface area contributed by atoms with Crippen molar-refractivity contribution >= 4 is 23.1 Å². The number of halogens is 1. The van der Waals surface area contributed by atoms with Crippen LogP contribution in [0.5, 0.6) is 0 Å². The summed E-state index contributed by atoms with van der Waals surface area (Å²) in [5, 5.41) is 14.0. The van der Waals surface area contributed by atoms with Gasteiger partial charge in [-0.2, -0.15) is 0 Å². The molecular formula is C12H17ClN4O2. The van der Waals surface area contributed by atoms with Gasteiger partial charge in [0.05, 0.1) is 4.92 Å². The SMILES string of the molecule is CC1(C)CCCC(Nc2ncnc(Cl)c2[N+](=O)[O-])C1. The standard InChI is InChI=1S/C12H17ClN4O2/c1-12(2)5-3-4-8(6-12)16-11-9(17(18)19)10(13)14-7-15-11/h7-8H,3-6H2,1-2H3,(H,14,15,16). The van der Waals surface area contributed by atoms with E-state index in [9.17, 15) is 10.1 Å². The van der Waals surface area contributed by atoms with Crippen LogP contribution in [0.15, 0.2) is 6.33 Å². The normalized spacial score (nSPS) is 21.9. The molecule has 0 aliphatic heterocycles. The zero-order valence-electron chi connectivity index (χ0n) is 11.0. The first-order chi connectivity index (χ1) is 8.89. The third-order valence-corrected chi connectivity index (χ3v) is 3.78. The highest BCUT2D eigenvalue weighted by Gasteiger charge is 2.30. The Kier molecular flexibility index (Phi) is 3.89. The van der Waals surface area contributed by atoms with Crippen LogP contribution in [-0.2, 0) is 0 Å². The van der Waals surface area contributed by atoms with Crippen molar-refractivity contribution in [3.8, 4) is 0 Å². The number of anilines is 1. The fraction of sp³-hybridized carbons (Fsp3) is 0.667. The van der Waals surface area contributed by atoms with Gasteiger partial charge in [0.2, 0.25) is 11.0 Å². The number of nitrogens with zero attached hydrogens (tertiary/aromatic N) is 3. The van der Waals surface area contributed by atoms with E-state index in [2.05, 4.69) is 29.1 Å². The first-order valence-electron chi connectivity index (χ1n) is 6.30. The van der Waals surface area contributed by atoms with Gasteiger partial charge < -0.3 is 5.32 Å². The summed E-state index contributed by atoms with van der Waals surface area (Å²) in [6.07, 6.45) is 5.48. The Hall–Kier alpha value is -1.43. The monoisotopic (exact) mass is 284 g/mol. The van der Waals surface area contributed by atoms with Gasteiger partial charge in [-0.3, -0.25) is 10.1 Å². The quantitative estimate of drug-likeness (QED) is 0.522. The van der Waals surface area contributed by atoms with Crippen molar-refractivity contribution in [2.45, 2.75) is 45.6 Å². The van der Waals surface area contributed by atoms with E-state index in [4.69, 9.17) is 11.6 Å². The number of aromatic nitrogens is 2. The summed E-state index contributed by atoms with van der Waals surface area (Å²) in [6, 6.07) is 0.188. The van der Waals surface area contributed by atoms with E-state index < -0.39 is 4.92 Å². The van der Waals surface area contributed by atoms with Gasteiger partial charge in [0.25, 0.3) is 0 Å². The van der Waals surface area contributed by atoms with E-state index in [1.54, 1.807) is 0 Å². The topological polar surface area (TPSA) is 81.0 Å². The van der Waals surface area contributed by atoms with Gasteiger partial charge in [-0.05, 0) is 24.7 Å². The first-order valence-corrected chi connectivity index (χ1v) is 6.68. The van der Waals surface area contributed by atoms with E-state index >= 15 is 0 Å².